The van der Waals surface area contributed by atoms with Gasteiger partial charge in [0.05, 0.1) is 11.2 Å². The number of hydrogen-bond donors (Lipinski definition) is 0. The fraction of sp³-hybridized carbons (Fsp3) is 0.400. The first-order chi connectivity index (χ1) is 9.05. The predicted octanol–water partition coefficient (Wildman–Crippen LogP) is 3.78. The molecule has 0 atom stereocenters. The zero-order chi connectivity index (χ0) is 13.5. The van der Waals surface area contributed by atoms with Crippen LogP contribution < -0.4 is 4.90 Å². The highest BCUT2D eigenvalue weighted by Gasteiger charge is 2.34. The lowest BCUT2D eigenvalue weighted by Crippen LogP contribution is -2.39. The second-order valence-corrected chi connectivity index (χ2v) is 5.14. The van der Waals surface area contributed by atoms with Crippen molar-refractivity contribution < 1.29 is 8.78 Å². The molecule has 0 aliphatic carbocycles. The SMILES string of the molecule is Cc1ccc2cccc(N3CCC(F)(F)CC3)c2n1. The molecule has 1 aromatic carbocycles. The van der Waals surface area contributed by atoms with Crippen molar-refractivity contribution >= 4 is 16.6 Å². The van der Waals surface area contributed by atoms with Gasteiger partial charge in [-0.05, 0) is 19.1 Å². The third kappa shape index (κ3) is 2.39. The summed E-state index contributed by atoms with van der Waals surface area (Å²) in [6.45, 7) is 2.73. The van der Waals surface area contributed by atoms with E-state index in [-0.39, 0.29) is 12.8 Å². The number of halogens is 2. The van der Waals surface area contributed by atoms with Crippen LogP contribution in [0.25, 0.3) is 10.9 Å². The number of pyridine rings is 1. The third-order valence-corrected chi connectivity index (χ3v) is 3.67. The van der Waals surface area contributed by atoms with Gasteiger partial charge in [0.2, 0.25) is 0 Å². The number of piperidine rings is 1. The number of anilines is 1. The molecule has 1 aliphatic heterocycles. The fourth-order valence-electron chi connectivity index (χ4n) is 2.56. The number of aromatic nitrogens is 1. The first-order valence-corrected chi connectivity index (χ1v) is 6.54. The van der Waals surface area contributed by atoms with Crippen LogP contribution in [0.5, 0.6) is 0 Å². The van der Waals surface area contributed by atoms with E-state index in [1.165, 1.54) is 0 Å². The minimum Gasteiger partial charge on any atom is -0.369 e. The van der Waals surface area contributed by atoms with E-state index in [1.54, 1.807) is 0 Å². The van der Waals surface area contributed by atoms with Crippen molar-refractivity contribution in [2.75, 3.05) is 18.0 Å². The summed E-state index contributed by atoms with van der Waals surface area (Å²) in [5.41, 5.74) is 2.83. The van der Waals surface area contributed by atoms with Crippen molar-refractivity contribution in [2.45, 2.75) is 25.7 Å². The molecular formula is C15H16F2N2. The van der Waals surface area contributed by atoms with Crippen LogP contribution in [0.3, 0.4) is 0 Å². The number of rotatable bonds is 1. The predicted molar refractivity (Wildman–Crippen MR) is 72.9 cm³/mol. The number of hydrogen-bond acceptors (Lipinski definition) is 2. The van der Waals surface area contributed by atoms with Gasteiger partial charge in [0.1, 0.15) is 0 Å². The number of para-hydroxylation sites is 1. The molecule has 1 fully saturated rings. The second kappa shape index (κ2) is 4.44. The Balaban J connectivity index is 1.99. The van der Waals surface area contributed by atoms with Gasteiger partial charge in [-0.15, -0.1) is 0 Å². The first-order valence-electron chi connectivity index (χ1n) is 6.54. The molecule has 100 valence electrons. The monoisotopic (exact) mass is 262 g/mol. The average Bonchev–Trinajstić information content (AvgIpc) is 2.38. The van der Waals surface area contributed by atoms with Gasteiger partial charge in [-0.1, -0.05) is 18.2 Å². The van der Waals surface area contributed by atoms with Gasteiger partial charge in [0.25, 0.3) is 5.92 Å². The molecule has 0 radical (unpaired) electrons. The summed E-state index contributed by atoms with van der Waals surface area (Å²) in [6.07, 6.45) is -0.148. The zero-order valence-corrected chi connectivity index (χ0v) is 10.9. The second-order valence-electron chi connectivity index (χ2n) is 5.14. The molecule has 4 heteroatoms. The molecule has 2 nitrogen and oxygen atoms in total. The first kappa shape index (κ1) is 12.3. The van der Waals surface area contributed by atoms with Gasteiger partial charge in [0.15, 0.2) is 0 Å². The summed E-state index contributed by atoms with van der Waals surface area (Å²) >= 11 is 0. The lowest BCUT2D eigenvalue weighted by molar-refractivity contribution is -0.0220. The smallest absolute Gasteiger partial charge is 0.251 e. The minimum atomic E-state index is -2.51. The lowest BCUT2D eigenvalue weighted by atomic mass is 10.0. The molecule has 1 aromatic heterocycles. The largest absolute Gasteiger partial charge is 0.369 e. The van der Waals surface area contributed by atoms with Crippen LogP contribution in [-0.2, 0) is 0 Å². The molecule has 2 aromatic rings. The van der Waals surface area contributed by atoms with Gasteiger partial charge in [-0.2, -0.15) is 0 Å². The van der Waals surface area contributed by atoms with Crippen molar-refractivity contribution in [3.8, 4) is 0 Å². The van der Waals surface area contributed by atoms with Crippen molar-refractivity contribution in [2.24, 2.45) is 0 Å². The molecule has 0 N–H and O–H groups in total. The Morgan fingerprint density at radius 1 is 1.11 bits per heavy atom. The Morgan fingerprint density at radius 2 is 1.84 bits per heavy atom. The van der Waals surface area contributed by atoms with E-state index in [2.05, 4.69) is 4.98 Å². The van der Waals surface area contributed by atoms with E-state index in [9.17, 15) is 8.78 Å². The van der Waals surface area contributed by atoms with Crippen LogP contribution in [0.1, 0.15) is 18.5 Å². The molecule has 1 aliphatic rings. The molecule has 19 heavy (non-hydrogen) atoms. The van der Waals surface area contributed by atoms with Crippen LogP contribution in [0, 0.1) is 6.92 Å². The van der Waals surface area contributed by atoms with Crippen molar-refractivity contribution in [3.05, 3.63) is 36.0 Å². The van der Waals surface area contributed by atoms with Gasteiger partial charge >= 0.3 is 0 Å². The topological polar surface area (TPSA) is 16.1 Å². The summed E-state index contributed by atoms with van der Waals surface area (Å²) in [4.78, 5) is 6.58. The van der Waals surface area contributed by atoms with Crippen molar-refractivity contribution in [3.63, 3.8) is 0 Å². The van der Waals surface area contributed by atoms with Crippen LogP contribution in [0.4, 0.5) is 14.5 Å². The summed E-state index contributed by atoms with van der Waals surface area (Å²) < 4.78 is 26.5. The molecule has 1 saturated heterocycles. The Bertz CT molecular complexity index is 600. The van der Waals surface area contributed by atoms with Crippen LogP contribution in [0.2, 0.25) is 0 Å². The molecule has 2 heterocycles. The highest BCUT2D eigenvalue weighted by atomic mass is 19.3. The summed E-state index contributed by atoms with van der Waals surface area (Å²) in [5, 5.41) is 1.06. The number of aryl methyl sites for hydroxylation is 1. The summed E-state index contributed by atoms with van der Waals surface area (Å²) in [5.74, 6) is -2.51. The maximum absolute atomic E-state index is 13.2. The molecule has 0 saturated carbocycles. The quantitative estimate of drug-likeness (QED) is 0.777. The molecule has 0 bridgehead atoms. The van der Waals surface area contributed by atoms with E-state index in [1.807, 2.05) is 42.2 Å². The molecule has 3 rings (SSSR count). The van der Waals surface area contributed by atoms with E-state index in [0.717, 1.165) is 22.3 Å². The molecule has 0 amide bonds. The van der Waals surface area contributed by atoms with Gasteiger partial charge in [0, 0.05) is 37.0 Å². The summed E-state index contributed by atoms with van der Waals surface area (Å²) in [6, 6.07) is 9.93. The third-order valence-electron chi connectivity index (χ3n) is 3.67. The number of alkyl halides is 2. The van der Waals surface area contributed by atoms with E-state index >= 15 is 0 Å². The summed E-state index contributed by atoms with van der Waals surface area (Å²) in [7, 11) is 0. The normalized spacial score (nSPS) is 18.8. The van der Waals surface area contributed by atoms with Crippen LogP contribution >= 0.6 is 0 Å². The fourth-order valence-corrected chi connectivity index (χ4v) is 2.56. The van der Waals surface area contributed by atoms with Crippen LogP contribution in [0.15, 0.2) is 30.3 Å². The molecular weight excluding hydrogens is 246 g/mol. The van der Waals surface area contributed by atoms with E-state index < -0.39 is 5.92 Å². The Labute approximate surface area is 111 Å². The van der Waals surface area contributed by atoms with Gasteiger partial charge in [-0.3, -0.25) is 4.98 Å². The lowest BCUT2D eigenvalue weighted by Gasteiger charge is -2.33. The standard InChI is InChI=1S/C15H16F2N2/c1-11-5-6-12-3-2-4-13(14(12)18-11)19-9-7-15(16,17)8-10-19/h2-6H,7-10H2,1H3. The Kier molecular flexibility index (Phi) is 2.88. The van der Waals surface area contributed by atoms with E-state index in [0.29, 0.717) is 13.1 Å². The van der Waals surface area contributed by atoms with Crippen molar-refractivity contribution in [1.82, 2.24) is 4.98 Å². The Hall–Kier alpha value is -1.71. The average molecular weight is 262 g/mol. The maximum Gasteiger partial charge on any atom is 0.251 e. The number of fused-ring (bicyclic) bond motifs is 1. The maximum atomic E-state index is 13.2. The minimum absolute atomic E-state index is 0.0742. The molecule has 0 spiro atoms. The highest BCUT2D eigenvalue weighted by Crippen LogP contribution is 2.33. The Morgan fingerprint density at radius 3 is 2.58 bits per heavy atom. The number of benzene rings is 1. The van der Waals surface area contributed by atoms with Crippen molar-refractivity contribution in [1.29, 1.82) is 0 Å². The molecule has 0 unspecified atom stereocenters. The number of nitrogens with zero attached hydrogens (tertiary/aromatic N) is 2. The van der Waals surface area contributed by atoms with E-state index in [4.69, 9.17) is 0 Å². The highest BCUT2D eigenvalue weighted by molar-refractivity contribution is 5.91. The van der Waals surface area contributed by atoms with Gasteiger partial charge in [-0.25, -0.2) is 8.78 Å². The zero-order valence-electron chi connectivity index (χ0n) is 10.9. The van der Waals surface area contributed by atoms with Gasteiger partial charge < -0.3 is 4.90 Å². The van der Waals surface area contributed by atoms with Crippen LogP contribution in [-0.4, -0.2) is 24.0 Å².